The summed E-state index contributed by atoms with van der Waals surface area (Å²) in [6, 6.07) is 3.60. The lowest BCUT2D eigenvalue weighted by atomic mass is 10.2. The van der Waals surface area contributed by atoms with Crippen LogP contribution in [0.5, 0.6) is 0 Å². The molecule has 1 rings (SSSR count). The molecule has 3 N–H and O–H groups in total. The van der Waals surface area contributed by atoms with Gasteiger partial charge in [0.15, 0.2) is 0 Å². The molecule has 5 heteroatoms. The molecule has 0 bridgehead atoms. The lowest BCUT2D eigenvalue weighted by molar-refractivity contribution is 0.284. The first kappa shape index (κ1) is 14.5. The molecule has 0 aromatic heterocycles. The van der Waals surface area contributed by atoms with Crippen LogP contribution in [0.3, 0.4) is 0 Å². The smallest absolute Gasteiger partial charge is 0.138 e. The Labute approximate surface area is 116 Å². The number of likely N-dealkylation sites (N-methyl/N-ethyl adjacent to an activating group) is 1. The minimum absolute atomic E-state index is 0.237. The summed E-state index contributed by atoms with van der Waals surface area (Å²) in [6.07, 6.45) is 0. The second-order valence-electron chi connectivity index (χ2n) is 4.35. The fraction of sp³-hybridized carbons (Fsp3) is 0.500. The summed E-state index contributed by atoms with van der Waals surface area (Å²) >= 11 is 1.93. The van der Waals surface area contributed by atoms with Crippen molar-refractivity contribution in [1.29, 1.82) is 0 Å². The normalized spacial score (nSPS) is 11.2. The van der Waals surface area contributed by atoms with Crippen LogP contribution in [0.2, 0.25) is 0 Å². The highest BCUT2D eigenvalue weighted by molar-refractivity contribution is 14.1. The van der Waals surface area contributed by atoms with Gasteiger partial charge in [-0.3, -0.25) is 0 Å². The topological polar surface area (TPSA) is 41.3 Å². The van der Waals surface area contributed by atoms with E-state index in [2.05, 4.69) is 31.1 Å². The first-order chi connectivity index (χ1) is 7.91. The number of nitrogens with one attached hydrogen (secondary N) is 1. The molecule has 0 atom stereocenters. The highest BCUT2D eigenvalue weighted by atomic mass is 127. The van der Waals surface area contributed by atoms with Gasteiger partial charge >= 0.3 is 0 Å². The molecule has 17 heavy (non-hydrogen) atoms. The molecule has 0 saturated carbocycles. The van der Waals surface area contributed by atoms with Gasteiger partial charge in [-0.15, -0.1) is 0 Å². The van der Waals surface area contributed by atoms with Gasteiger partial charge in [0, 0.05) is 25.2 Å². The first-order valence-electron chi connectivity index (χ1n) is 5.60. The third kappa shape index (κ3) is 4.31. The van der Waals surface area contributed by atoms with E-state index in [-0.39, 0.29) is 5.82 Å². The van der Waals surface area contributed by atoms with Crippen LogP contribution < -0.4 is 11.1 Å². The minimum Gasteiger partial charge on any atom is -0.397 e. The summed E-state index contributed by atoms with van der Waals surface area (Å²) in [6.45, 7) is 5.92. The van der Waals surface area contributed by atoms with Crippen LogP contribution in [0.25, 0.3) is 0 Å². The zero-order valence-electron chi connectivity index (χ0n) is 10.4. The van der Waals surface area contributed by atoms with Crippen molar-refractivity contribution in [3.63, 3.8) is 0 Å². The summed E-state index contributed by atoms with van der Waals surface area (Å²) in [5.74, 6) is -0.237. The highest BCUT2D eigenvalue weighted by Gasteiger charge is 2.06. The van der Waals surface area contributed by atoms with E-state index >= 15 is 0 Å². The van der Waals surface area contributed by atoms with Crippen molar-refractivity contribution >= 4 is 34.0 Å². The van der Waals surface area contributed by atoms with Crippen LogP contribution in [0.1, 0.15) is 13.8 Å². The minimum atomic E-state index is -0.237. The number of hydrogen-bond acceptors (Lipinski definition) is 3. The van der Waals surface area contributed by atoms with Gasteiger partial charge in [-0.25, -0.2) is 4.39 Å². The van der Waals surface area contributed by atoms with Gasteiger partial charge in [-0.05, 0) is 49.6 Å². The van der Waals surface area contributed by atoms with E-state index < -0.39 is 0 Å². The summed E-state index contributed by atoms with van der Waals surface area (Å²) in [5, 5.41) is 3.16. The molecule has 0 heterocycles. The average molecular weight is 351 g/mol. The Balaban J connectivity index is 2.55. The Morgan fingerprint density at radius 1 is 1.47 bits per heavy atom. The van der Waals surface area contributed by atoms with Crippen molar-refractivity contribution in [3.05, 3.63) is 21.5 Å². The van der Waals surface area contributed by atoms with Crippen LogP contribution in [0, 0.1) is 9.39 Å². The number of anilines is 2. The van der Waals surface area contributed by atoms with Crippen LogP contribution in [-0.4, -0.2) is 31.1 Å². The molecule has 1 aromatic rings. The number of benzene rings is 1. The predicted octanol–water partition coefficient (Wildman–Crippen LogP) is 2.76. The Morgan fingerprint density at radius 2 is 2.12 bits per heavy atom. The van der Waals surface area contributed by atoms with E-state index in [9.17, 15) is 4.39 Å². The van der Waals surface area contributed by atoms with Crippen molar-refractivity contribution in [2.24, 2.45) is 0 Å². The predicted molar refractivity (Wildman–Crippen MR) is 79.8 cm³/mol. The molecule has 0 aliphatic carbocycles. The van der Waals surface area contributed by atoms with Crippen molar-refractivity contribution in [2.45, 2.75) is 19.9 Å². The van der Waals surface area contributed by atoms with E-state index in [1.54, 1.807) is 6.07 Å². The van der Waals surface area contributed by atoms with Crippen molar-refractivity contribution in [1.82, 2.24) is 4.90 Å². The molecule has 0 spiro atoms. The summed E-state index contributed by atoms with van der Waals surface area (Å²) in [5.41, 5.74) is 7.07. The third-order valence-electron chi connectivity index (χ3n) is 2.75. The lowest BCUT2D eigenvalue weighted by Gasteiger charge is -2.21. The van der Waals surface area contributed by atoms with Crippen LogP contribution >= 0.6 is 22.6 Å². The summed E-state index contributed by atoms with van der Waals surface area (Å²) in [4.78, 5) is 2.21. The standard InChI is InChI=1S/C12H19FIN3/c1-8(2)17(3)5-4-16-12-6-9(13)10(14)7-11(12)15/h6-8,16H,4-5,15H2,1-3H3. The molecular weight excluding hydrogens is 332 g/mol. The zero-order valence-corrected chi connectivity index (χ0v) is 12.6. The van der Waals surface area contributed by atoms with Crippen LogP contribution in [0.15, 0.2) is 12.1 Å². The lowest BCUT2D eigenvalue weighted by Crippen LogP contribution is -2.31. The molecule has 1 aromatic carbocycles. The Kier molecular flexibility index (Phi) is 5.45. The molecule has 0 radical (unpaired) electrons. The van der Waals surface area contributed by atoms with Gasteiger partial charge in [-0.1, -0.05) is 0 Å². The van der Waals surface area contributed by atoms with Gasteiger partial charge in [-0.2, -0.15) is 0 Å². The maximum Gasteiger partial charge on any atom is 0.138 e. The second-order valence-corrected chi connectivity index (χ2v) is 5.52. The molecule has 0 fully saturated rings. The van der Waals surface area contributed by atoms with Gasteiger partial charge < -0.3 is 16.0 Å². The van der Waals surface area contributed by atoms with E-state index in [1.807, 2.05) is 22.6 Å². The Bertz CT molecular complexity index is 382. The molecule has 0 unspecified atom stereocenters. The fourth-order valence-electron chi connectivity index (χ4n) is 1.34. The Morgan fingerprint density at radius 3 is 2.71 bits per heavy atom. The van der Waals surface area contributed by atoms with Crippen molar-refractivity contribution < 1.29 is 4.39 Å². The molecule has 3 nitrogen and oxygen atoms in total. The Hall–Kier alpha value is -0.560. The average Bonchev–Trinajstić information content (AvgIpc) is 2.25. The number of hydrogen-bond donors (Lipinski definition) is 2. The summed E-state index contributed by atoms with van der Waals surface area (Å²) in [7, 11) is 2.06. The second kappa shape index (κ2) is 6.39. The maximum atomic E-state index is 13.4. The quantitative estimate of drug-likeness (QED) is 0.633. The van der Waals surface area contributed by atoms with Gasteiger partial charge in [0.2, 0.25) is 0 Å². The van der Waals surface area contributed by atoms with E-state index in [4.69, 9.17) is 5.73 Å². The number of nitrogens with zero attached hydrogens (tertiary/aromatic N) is 1. The largest absolute Gasteiger partial charge is 0.397 e. The van der Waals surface area contributed by atoms with E-state index in [0.29, 0.717) is 21.0 Å². The van der Waals surface area contributed by atoms with Crippen LogP contribution in [0.4, 0.5) is 15.8 Å². The molecule has 0 amide bonds. The number of rotatable bonds is 5. The van der Waals surface area contributed by atoms with Gasteiger partial charge in [0.05, 0.1) is 14.9 Å². The number of nitrogen functional groups attached to an aromatic ring is 1. The maximum absolute atomic E-state index is 13.4. The van der Waals surface area contributed by atoms with Gasteiger partial charge in [0.25, 0.3) is 0 Å². The molecule has 96 valence electrons. The molecule has 0 aliphatic rings. The van der Waals surface area contributed by atoms with Crippen LogP contribution in [-0.2, 0) is 0 Å². The highest BCUT2D eigenvalue weighted by Crippen LogP contribution is 2.23. The summed E-state index contributed by atoms with van der Waals surface area (Å²) < 4.78 is 13.9. The van der Waals surface area contributed by atoms with E-state index in [0.717, 1.165) is 13.1 Å². The SMILES string of the molecule is CC(C)N(C)CCNc1cc(F)c(I)cc1N. The fourth-order valence-corrected chi connectivity index (χ4v) is 1.83. The molecular formula is C12H19FIN3. The van der Waals surface area contributed by atoms with Gasteiger partial charge in [0.1, 0.15) is 5.82 Å². The zero-order chi connectivity index (χ0) is 13.0. The van der Waals surface area contributed by atoms with Crippen molar-refractivity contribution in [3.8, 4) is 0 Å². The molecule has 0 saturated heterocycles. The molecule has 0 aliphatic heterocycles. The third-order valence-corrected chi connectivity index (χ3v) is 3.58. The monoisotopic (exact) mass is 351 g/mol. The van der Waals surface area contributed by atoms with Crippen molar-refractivity contribution in [2.75, 3.05) is 31.2 Å². The first-order valence-corrected chi connectivity index (χ1v) is 6.68. The number of halogens is 2. The van der Waals surface area contributed by atoms with E-state index in [1.165, 1.54) is 6.07 Å². The number of nitrogens with two attached hydrogens (primary N) is 1.